The maximum Gasteiger partial charge on any atom is 0.272 e. The van der Waals surface area contributed by atoms with Gasteiger partial charge in [0.05, 0.1) is 19.9 Å². The summed E-state index contributed by atoms with van der Waals surface area (Å²) in [6, 6.07) is 15.7. The zero-order chi connectivity index (χ0) is 23.0. The van der Waals surface area contributed by atoms with Crippen LogP contribution in [0.4, 0.5) is 0 Å². The summed E-state index contributed by atoms with van der Waals surface area (Å²) in [7, 11) is 5.04. The van der Waals surface area contributed by atoms with Gasteiger partial charge in [-0.15, -0.1) is 0 Å². The van der Waals surface area contributed by atoms with E-state index in [0.29, 0.717) is 36.0 Å². The Bertz CT molecular complexity index is 1180. The number of aryl methyl sites for hydroxylation is 2. The molecule has 0 N–H and O–H groups in total. The number of methoxy groups -OCH3 is 2. The molecule has 2 aliphatic heterocycles. The lowest BCUT2D eigenvalue weighted by Crippen LogP contribution is -2.51. The first kappa shape index (κ1) is 21.4. The van der Waals surface area contributed by atoms with Crippen molar-refractivity contribution >= 4 is 5.91 Å². The van der Waals surface area contributed by atoms with Crippen LogP contribution < -0.4 is 14.2 Å². The summed E-state index contributed by atoms with van der Waals surface area (Å²) in [6.07, 6.45) is 3.69. The number of carbonyl (C=O) groups is 1. The molecule has 7 heteroatoms. The fourth-order valence-electron chi connectivity index (χ4n) is 4.90. The minimum absolute atomic E-state index is 0.0100. The molecule has 33 heavy (non-hydrogen) atoms. The van der Waals surface area contributed by atoms with Gasteiger partial charge in [-0.05, 0) is 48.7 Å². The molecule has 0 radical (unpaired) electrons. The van der Waals surface area contributed by atoms with E-state index >= 15 is 0 Å². The Morgan fingerprint density at radius 3 is 2.58 bits per heavy atom. The normalized spacial score (nSPS) is 16.8. The summed E-state index contributed by atoms with van der Waals surface area (Å²) in [5.41, 5.74) is 3.13. The van der Waals surface area contributed by atoms with Crippen LogP contribution in [0.15, 0.2) is 48.5 Å². The number of ether oxygens (including phenoxy) is 3. The van der Waals surface area contributed by atoms with E-state index in [-0.39, 0.29) is 11.5 Å². The molecule has 172 valence electrons. The third kappa shape index (κ3) is 3.92. The zero-order valence-electron chi connectivity index (χ0n) is 19.3. The van der Waals surface area contributed by atoms with E-state index in [4.69, 9.17) is 14.2 Å². The quantitative estimate of drug-likeness (QED) is 0.602. The second kappa shape index (κ2) is 8.46. The van der Waals surface area contributed by atoms with Crippen molar-refractivity contribution in [3.8, 4) is 28.5 Å². The first-order valence-corrected chi connectivity index (χ1v) is 11.3. The van der Waals surface area contributed by atoms with Crippen LogP contribution in [0.1, 0.15) is 35.3 Å². The highest BCUT2D eigenvalue weighted by atomic mass is 16.5. The van der Waals surface area contributed by atoms with Crippen molar-refractivity contribution in [3.05, 3.63) is 59.8 Å². The minimum Gasteiger partial charge on any atom is -0.497 e. The third-order valence-electron chi connectivity index (χ3n) is 6.89. The van der Waals surface area contributed by atoms with Crippen LogP contribution in [-0.2, 0) is 13.5 Å². The lowest BCUT2D eigenvalue weighted by atomic mass is 9.83. The van der Waals surface area contributed by atoms with Crippen LogP contribution in [0, 0.1) is 0 Å². The number of fused-ring (bicyclic) bond motifs is 1. The number of piperidine rings is 1. The summed E-state index contributed by atoms with van der Waals surface area (Å²) >= 11 is 0. The lowest BCUT2D eigenvalue weighted by molar-refractivity contribution is -0.0109. The molecule has 0 unspecified atom stereocenters. The van der Waals surface area contributed by atoms with Crippen molar-refractivity contribution < 1.29 is 19.0 Å². The van der Waals surface area contributed by atoms with Gasteiger partial charge in [-0.25, -0.2) is 0 Å². The van der Waals surface area contributed by atoms with Crippen molar-refractivity contribution in [2.45, 2.75) is 31.3 Å². The molecule has 0 bridgehead atoms. The second-order valence-electron chi connectivity index (χ2n) is 8.79. The molecule has 1 fully saturated rings. The summed E-state index contributed by atoms with van der Waals surface area (Å²) < 4.78 is 18.9. The van der Waals surface area contributed by atoms with E-state index in [2.05, 4.69) is 23.3 Å². The molecule has 0 saturated carbocycles. The highest BCUT2D eigenvalue weighted by Crippen LogP contribution is 2.39. The van der Waals surface area contributed by atoms with Crippen LogP contribution in [0.3, 0.4) is 0 Å². The molecular weight excluding hydrogens is 418 g/mol. The maximum absolute atomic E-state index is 13.4. The molecule has 1 spiro atoms. The number of hydrogen-bond donors (Lipinski definition) is 0. The predicted octanol–water partition coefficient (Wildman–Crippen LogP) is 4.10. The van der Waals surface area contributed by atoms with Crippen molar-refractivity contribution in [2.75, 3.05) is 27.3 Å². The molecule has 1 saturated heterocycles. The Kier molecular flexibility index (Phi) is 5.48. The number of rotatable bonds is 4. The predicted molar refractivity (Wildman–Crippen MR) is 125 cm³/mol. The van der Waals surface area contributed by atoms with Crippen molar-refractivity contribution in [2.24, 2.45) is 7.05 Å². The van der Waals surface area contributed by atoms with Crippen LogP contribution >= 0.6 is 0 Å². The number of hydrogen-bond acceptors (Lipinski definition) is 5. The molecule has 0 atom stereocenters. The van der Waals surface area contributed by atoms with Gasteiger partial charge in [-0.2, -0.15) is 5.10 Å². The number of likely N-dealkylation sites (tertiary alicyclic amines) is 1. The topological polar surface area (TPSA) is 65.8 Å². The standard InChI is InChI=1S/C26H29N3O4/c1-28-22(17-21(27-28)20-16-19(31-2)8-9-24(20)32-3)25(30)29-14-12-26(13-15-29)11-10-18-6-4-5-7-23(18)33-26/h4-9,16-17H,10-15H2,1-3H3. The van der Waals surface area contributed by atoms with E-state index in [1.165, 1.54) is 5.56 Å². The van der Waals surface area contributed by atoms with E-state index in [1.807, 2.05) is 35.2 Å². The molecule has 3 heterocycles. The van der Waals surface area contributed by atoms with E-state index in [9.17, 15) is 4.79 Å². The monoisotopic (exact) mass is 447 g/mol. The van der Waals surface area contributed by atoms with Gasteiger partial charge in [0.2, 0.25) is 0 Å². The van der Waals surface area contributed by atoms with Crippen molar-refractivity contribution in [1.29, 1.82) is 0 Å². The molecular formula is C26H29N3O4. The lowest BCUT2D eigenvalue weighted by Gasteiger charge is -2.44. The molecule has 1 aromatic heterocycles. The van der Waals surface area contributed by atoms with Gasteiger partial charge in [-0.1, -0.05) is 18.2 Å². The van der Waals surface area contributed by atoms with Gasteiger partial charge in [0.15, 0.2) is 0 Å². The van der Waals surface area contributed by atoms with Gasteiger partial charge in [0.1, 0.15) is 28.5 Å². The van der Waals surface area contributed by atoms with Gasteiger partial charge in [0.25, 0.3) is 5.91 Å². The summed E-state index contributed by atoms with van der Waals surface area (Å²) in [5.74, 6) is 2.37. The van der Waals surface area contributed by atoms with Gasteiger partial charge < -0.3 is 19.1 Å². The van der Waals surface area contributed by atoms with E-state index in [1.54, 1.807) is 25.9 Å². The average Bonchev–Trinajstić information content (AvgIpc) is 3.25. The minimum atomic E-state index is -0.170. The maximum atomic E-state index is 13.4. The van der Waals surface area contributed by atoms with Crippen LogP contribution in [0.5, 0.6) is 17.2 Å². The Balaban J connectivity index is 1.32. The molecule has 5 rings (SSSR count). The average molecular weight is 448 g/mol. The van der Waals surface area contributed by atoms with E-state index < -0.39 is 0 Å². The van der Waals surface area contributed by atoms with E-state index in [0.717, 1.165) is 37.0 Å². The smallest absolute Gasteiger partial charge is 0.272 e. The van der Waals surface area contributed by atoms with Crippen LogP contribution in [0.2, 0.25) is 0 Å². The van der Waals surface area contributed by atoms with Crippen molar-refractivity contribution in [1.82, 2.24) is 14.7 Å². The largest absolute Gasteiger partial charge is 0.497 e. The Morgan fingerprint density at radius 2 is 1.82 bits per heavy atom. The highest BCUT2D eigenvalue weighted by Gasteiger charge is 2.40. The number of amides is 1. The molecule has 0 aliphatic carbocycles. The third-order valence-corrected chi connectivity index (χ3v) is 6.89. The van der Waals surface area contributed by atoms with Crippen LogP contribution in [-0.4, -0.2) is 53.5 Å². The van der Waals surface area contributed by atoms with Gasteiger partial charge in [0, 0.05) is 38.5 Å². The molecule has 2 aromatic carbocycles. The highest BCUT2D eigenvalue weighted by molar-refractivity contribution is 5.94. The molecule has 2 aliphatic rings. The molecule has 7 nitrogen and oxygen atoms in total. The number of aromatic nitrogens is 2. The first-order valence-electron chi connectivity index (χ1n) is 11.3. The Morgan fingerprint density at radius 1 is 1.03 bits per heavy atom. The second-order valence-corrected chi connectivity index (χ2v) is 8.79. The number of benzene rings is 2. The molecule has 3 aromatic rings. The number of nitrogens with zero attached hydrogens (tertiary/aromatic N) is 3. The summed E-state index contributed by atoms with van der Waals surface area (Å²) in [6.45, 7) is 1.34. The zero-order valence-corrected chi connectivity index (χ0v) is 19.3. The fourth-order valence-corrected chi connectivity index (χ4v) is 4.90. The SMILES string of the molecule is COc1ccc(OC)c(-c2cc(C(=O)N3CCC4(CCc5ccccc5O4)CC3)n(C)n2)c1. The van der Waals surface area contributed by atoms with Crippen LogP contribution in [0.25, 0.3) is 11.3 Å². The van der Waals surface area contributed by atoms with Gasteiger partial charge >= 0.3 is 0 Å². The Labute approximate surface area is 193 Å². The Hall–Kier alpha value is -3.48. The number of para-hydroxylation sites is 1. The summed E-state index contributed by atoms with van der Waals surface area (Å²) in [5, 5.41) is 4.60. The fraction of sp³-hybridized carbons (Fsp3) is 0.385. The molecule has 1 amide bonds. The first-order chi connectivity index (χ1) is 16.0. The van der Waals surface area contributed by atoms with Gasteiger partial charge in [-0.3, -0.25) is 9.48 Å². The summed E-state index contributed by atoms with van der Waals surface area (Å²) in [4.78, 5) is 15.3. The number of carbonyl (C=O) groups excluding carboxylic acids is 1. The van der Waals surface area contributed by atoms with Crippen molar-refractivity contribution in [3.63, 3.8) is 0 Å².